The number of guanidine groups is 1. The molecule has 0 spiro atoms. The van der Waals surface area contributed by atoms with Gasteiger partial charge in [-0.1, -0.05) is 0 Å². The van der Waals surface area contributed by atoms with Crippen molar-refractivity contribution < 1.29 is 0 Å². The number of hydrogen-bond acceptors (Lipinski definition) is 2. The lowest BCUT2D eigenvalue weighted by Crippen LogP contribution is -2.36. The van der Waals surface area contributed by atoms with E-state index in [9.17, 15) is 0 Å². The quantitative estimate of drug-likeness (QED) is 0.456. The SMILES string of the molecule is CCNC(=NCCCn1cccn1)N(C)C. The van der Waals surface area contributed by atoms with E-state index in [1.165, 1.54) is 0 Å². The molecule has 1 aromatic heterocycles. The Bertz CT molecular complexity index is 302. The summed E-state index contributed by atoms with van der Waals surface area (Å²) in [5.74, 6) is 0.947. The van der Waals surface area contributed by atoms with Gasteiger partial charge in [-0.25, -0.2) is 0 Å². The second-order valence-corrected chi connectivity index (χ2v) is 3.75. The molecule has 5 heteroatoms. The van der Waals surface area contributed by atoms with Crippen molar-refractivity contribution in [3.05, 3.63) is 18.5 Å². The van der Waals surface area contributed by atoms with E-state index in [1.54, 1.807) is 6.20 Å². The number of aromatic nitrogens is 2. The largest absolute Gasteiger partial charge is 0.357 e. The highest BCUT2D eigenvalue weighted by Gasteiger charge is 1.98. The third-order valence-corrected chi connectivity index (χ3v) is 2.12. The van der Waals surface area contributed by atoms with Gasteiger partial charge in [-0.15, -0.1) is 0 Å². The van der Waals surface area contributed by atoms with Crippen LogP contribution in [0.1, 0.15) is 13.3 Å². The Morgan fingerprint density at radius 1 is 1.50 bits per heavy atom. The van der Waals surface area contributed by atoms with Gasteiger partial charge in [0.2, 0.25) is 0 Å². The summed E-state index contributed by atoms with van der Waals surface area (Å²) in [6.45, 7) is 4.71. The summed E-state index contributed by atoms with van der Waals surface area (Å²) in [6, 6.07) is 1.94. The Morgan fingerprint density at radius 3 is 2.88 bits per heavy atom. The van der Waals surface area contributed by atoms with Gasteiger partial charge >= 0.3 is 0 Å². The van der Waals surface area contributed by atoms with Crippen molar-refractivity contribution in [1.29, 1.82) is 0 Å². The molecule has 0 aromatic carbocycles. The van der Waals surface area contributed by atoms with Crippen LogP contribution >= 0.6 is 0 Å². The maximum atomic E-state index is 4.50. The fraction of sp³-hybridized carbons (Fsp3) is 0.636. The number of nitrogens with zero attached hydrogens (tertiary/aromatic N) is 4. The zero-order chi connectivity index (χ0) is 11.8. The summed E-state index contributed by atoms with van der Waals surface area (Å²) >= 11 is 0. The Morgan fingerprint density at radius 2 is 2.31 bits per heavy atom. The smallest absolute Gasteiger partial charge is 0.193 e. The Labute approximate surface area is 97.2 Å². The molecule has 0 atom stereocenters. The van der Waals surface area contributed by atoms with E-state index in [0.29, 0.717) is 0 Å². The lowest BCUT2D eigenvalue weighted by molar-refractivity contribution is 0.563. The minimum atomic E-state index is 0.820. The van der Waals surface area contributed by atoms with Crippen LogP contribution in [0, 0.1) is 0 Å². The second-order valence-electron chi connectivity index (χ2n) is 3.75. The maximum absolute atomic E-state index is 4.50. The van der Waals surface area contributed by atoms with Gasteiger partial charge < -0.3 is 10.2 Å². The molecule has 0 saturated carbocycles. The van der Waals surface area contributed by atoms with Crippen molar-refractivity contribution in [2.45, 2.75) is 19.9 Å². The van der Waals surface area contributed by atoms with Crippen LogP contribution in [0.3, 0.4) is 0 Å². The molecule has 1 rings (SSSR count). The van der Waals surface area contributed by atoms with Gasteiger partial charge in [0.15, 0.2) is 5.96 Å². The summed E-state index contributed by atoms with van der Waals surface area (Å²) < 4.78 is 1.93. The lowest BCUT2D eigenvalue weighted by atomic mass is 10.4. The normalized spacial score (nSPS) is 11.6. The standard InChI is InChI=1S/C11H21N5/c1-4-12-11(15(2)3)13-7-5-9-16-10-6-8-14-16/h6,8,10H,4-5,7,9H2,1-3H3,(H,12,13). The highest BCUT2D eigenvalue weighted by atomic mass is 15.3. The molecule has 0 radical (unpaired) electrons. The fourth-order valence-electron chi connectivity index (χ4n) is 1.36. The monoisotopic (exact) mass is 223 g/mol. The Kier molecular flexibility index (Phi) is 5.39. The molecule has 0 unspecified atom stereocenters. The average molecular weight is 223 g/mol. The minimum Gasteiger partial charge on any atom is -0.357 e. The summed E-state index contributed by atoms with van der Waals surface area (Å²) in [4.78, 5) is 6.50. The first-order valence-electron chi connectivity index (χ1n) is 5.67. The van der Waals surface area contributed by atoms with Crippen molar-refractivity contribution in [2.24, 2.45) is 4.99 Å². The minimum absolute atomic E-state index is 0.820. The molecule has 0 amide bonds. The molecule has 1 heterocycles. The van der Waals surface area contributed by atoms with Crippen molar-refractivity contribution in [3.8, 4) is 0 Å². The van der Waals surface area contributed by atoms with E-state index in [4.69, 9.17) is 0 Å². The van der Waals surface area contributed by atoms with Crippen LogP contribution in [0.2, 0.25) is 0 Å². The Balaban J connectivity index is 2.28. The lowest BCUT2D eigenvalue weighted by Gasteiger charge is -2.16. The van der Waals surface area contributed by atoms with Crippen LogP contribution in [0.25, 0.3) is 0 Å². The first-order chi connectivity index (χ1) is 7.74. The highest BCUT2D eigenvalue weighted by Crippen LogP contribution is 1.91. The van der Waals surface area contributed by atoms with Gasteiger partial charge in [-0.2, -0.15) is 5.10 Å². The third kappa shape index (κ3) is 4.33. The van der Waals surface area contributed by atoms with Crippen molar-refractivity contribution in [1.82, 2.24) is 20.0 Å². The number of aliphatic imine (C=N–C) groups is 1. The molecule has 0 bridgehead atoms. The van der Waals surface area contributed by atoms with Crippen molar-refractivity contribution in [3.63, 3.8) is 0 Å². The third-order valence-electron chi connectivity index (χ3n) is 2.12. The molecule has 5 nitrogen and oxygen atoms in total. The van der Waals surface area contributed by atoms with E-state index in [0.717, 1.165) is 32.0 Å². The van der Waals surface area contributed by atoms with E-state index in [-0.39, 0.29) is 0 Å². The molecule has 0 aliphatic rings. The predicted molar refractivity (Wildman–Crippen MR) is 66.5 cm³/mol. The number of rotatable bonds is 5. The summed E-state index contributed by atoms with van der Waals surface area (Å²) in [7, 11) is 3.99. The summed E-state index contributed by atoms with van der Waals surface area (Å²) in [6.07, 6.45) is 4.78. The van der Waals surface area contributed by atoms with Gasteiger partial charge in [-0.3, -0.25) is 9.67 Å². The van der Waals surface area contributed by atoms with Gasteiger partial charge in [0.05, 0.1) is 0 Å². The molecule has 1 aromatic rings. The number of aryl methyl sites for hydroxylation is 1. The van der Waals surface area contributed by atoms with Gasteiger partial charge in [0, 0.05) is 46.1 Å². The van der Waals surface area contributed by atoms with Crippen molar-refractivity contribution >= 4 is 5.96 Å². The molecular weight excluding hydrogens is 202 g/mol. The fourth-order valence-corrected chi connectivity index (χ4v) is 1.36. The van der Waals surface area contributed by atoms with E-state index in [2.05, 4.69) is 22.3 Å². The van der Waals surface area contributed by atoms with E-state index in [1.807, 2.05) is 35.9 Å². The van der Waals surface area contributed by atoms with Gasteiger partial charge in [0.1, 0.15) is 0 Å². The topological polar surface area (TPSA) is 45.5 Å². The number of nitrogens with one attached hydrogen (secondary N) is 1. The zero-order valence-corrected chi connectivity index (χ0v) is 10.3. The van der Waals surface area contributed by atoms with Crippen LogP contribution in [-0.4, -0.2) is 47.8 Å². The van der Waals surface area contributed by atoms with Crippen LogP contribution in [0.5, 0.6) is 0 Å². The number of hydrogen-bond donors (Lipinski definition) is 1. The molecule has 90 valence electrons. The summed E-state index contributed by atoms with van der Waals surface area (Å²) in [5.41, 5.74) is 0. The molecular formula is C11H21N5. The van der Waals surface area contributed by atoms with E-state index >= 15 is 0 Å². The van der Waals surface area contributed by atoms with Gasteiger partial charge in [0.25, 0.3) is 0 Å². The van der Waals surface area contributed by atoms with E-state index < -0.39 is 0 Å². The maximum Gasteiger partial charge on any atom is 0.193 e. The first kappa shape index (κ1) is 12.5. The molecule has 0 aliphatic heterocycles. The molecule has 0 saturated heterocycles. The van der Waals surface area contributed by atoms with Crippen LogP contribution in [0.4, 0.5) is 0 Å². The predicted octanol–water partition coefficient (Wildman–Crippen LogP) is 0.800. The van der Waals surface area contributed by atoms with Crippen LogP contribution in [0.15, 0.2) is 23.5 Å². The Hall–Kier alpha value is -1.52. The van der Waals surface area contributed by atoms with Crippen LogP contribution in [-0.2, 0) is 6.54 Å². The first-order valence-corrected chi connectivity index (χ1v) is 5.67. The van der Waals surface area contributed by atoms with Crippen LogP contribution < -0.4 is 5.32 Å². The summed E-state index contributed by atoms with van der Waals surface area (Å²) in [5, 5.41) is 7.38. The van der Waals surface area contributed by atoms with Crippen molar-refractivity contribution in [2.75, 3.05) is 27.2 Å². The molecule has 0 aliphatic carbocycles. The van der Waals surface area contributed by atoms with Gasteiger partial charge in [-0.05, 0) is 19.4 Å². The highest BCUT2D eigenvalue weighted by molar-refractivity contribution is 5.79. The molecule has 0 fully saturated rings. The molecule has 16 heavy (non-hydrogen) atoms. The molecule has 1 N–H and O–H groups in total. The zero-order valence-electron chi connectivity index (χ0n) is 10.3. The average Bonchev–Trinajstić information content (AvgIpc) is 2.75. The second kappa shape index (κ2) is 6.87.